The molecule has 0 aliphatic heterocycles. The highest BCUT2D eigenvalue weighted by Gasteiger charge is 2.26. The Morgan fingerprint density at radius 3 is 2.74 bits per heavy atom. The smallest absolute Gasteiger partial charge is 0.255 e. The monoisotopic (exact) mass is 458 g/mol. The van der Waals surface area contributed by atoms with E-state index >= 15 is 4.39 Å². The number of amides is 1. The third-order valence-electron chi connectivity index (χ3n) is 6.55. The van der Waals surface area contributed by atoms with E-state index < -0.39 is 6.10 Å². The molecule has 0 saturated heterocycles. The van der Waals surface area contributed by atoms with Gasteiger partial charge in [0, 0.05) is 29.8 Å². The van der Waals surface area contributed by atoms with Crippen LogP contribution in [0.1, 0.15) is 47.3 Å². The first kappa shape index (κ1) is 22.2. The normalized spacial score (nSPS) is 18.2. The Morgan fingerprint density at radius 1 is 1.12 bits per heavy atom. The molecule has 0 bridgehead atoms. The number of aryl methyl sites for hydroxylation is 1. The predicted octanol–water partition coefficient (Wildman–Crippen LogP) is 4.63. The number of carbonyl (C=O) groups excluding carboxylic acids is 1. The number of hydrogen-bond donors (Lipinski definition) is 2. The van der Waals surface area contributed by atoms with Gasteiger partial charge in [0.05, 0.1) is 29.8 Å². The van der Waals surface area contributed by atoms with Crippen molar-refractivity contribution in [3.8, 4) is 11.1 Å². The lowest BCUT2D eigenvalue weighted by Gasteiger charge is -2.28. The summed E-state index contributed by atoms with van der Waals surface area (Å²) in [5.41, 5.74) is 4.84. The van der Waals surface area contributed by atoms with Gasteiger partial charge in [0.25, 0.3) is 5.91 Å². The van der Waals surface area contributed by atoms with E-state index in [0.717, 1.165) is 41.6 Å². The van der Waals surface area contributed by atoms with Gasteiger partial charge in [-0.2, -0.15) is 0 Å². The van der Waals surface area contributed by atoms with Crippen molar-refractivity contribution in [3.05, 3.63) is 83.7 Å². The fraction of sp³-hybridized carbons (Fsp3) is 0.296. The minimum atomic E-state index is -0.532. The van der Waals surface area contributed by atoms with Gasteiger partial charge in [0.2, 0.25) is 0 Å². The Labute approximate surface area is 197 Å². The highest BCUT2D eigenvalue weighted by Crippen LogP contribution is 2.26. The van der Waals surface area contributed by atoms with Crippen molar-refractivity contribution in [2.45, 2.75) is 51.3 Å². The van der Waals surface area contributed by atoms with Crippen molar-refractivity contribution in [3.63, 3.8) is 0 Å². The Kier molecular flexibility index (Phi) is 6.11. The van der Waals surface area contributed by atoms with E-state index in [0.29, 0.717) is 23.1 Å². The summed E-state index contributed by atoms with van der Waals surface area (Å²) in [5.74, 6) is -0.577. The number of benzene rings is 1. The van der Waals surface area contributed by atoms with E-state index in [1.165, 1.54) is 6.07 Å². The molecule has 0 radical (unpaired) electrons. The van der Waals surface area contributed by atoms with E-state index in [2.05, 4.69) is 15.3 Å². The van der Waals surface area contributed by atoms with Gasteiger partial charge in [-0.25, -0.2) is 4.39 Å². The van der Waals surface area contributed by atoms with Crippen molar-refractivity contribution in [2.24, 2.45) is 0 Å². The number of nitrogens with zero attached hydrogens (tertiary/aromatic N) is 3. The highest BCUT2D eigenvalue weighted by molar-refractivity contribution is 6.05. The summed E-state index contributed by atoms with van der Waals surface area (Å²) in [5, 5.41) is 13.2. The van der Waals surface area contributed by atoms with Crippen molar-refractivity contribution in [1.82, 2.24) is 19.9 Å². The maximum absolute atomic E-state index is 15.1. The molecule has 1 aromatic carbocycles. The van der Waals surface area contributed by atoms with Crippen LogP contribution >= 0.6 is 0 Å². The van der Waals surface area contributed by atoms with Crippen molar-refractivity contribution >= 4 is 16.9 Å². The molecule has 6 nitrogen and oxygen atoms in total. The summed E-state index contributed by atoms with van der Waals surface area (Å²) in [7, 11) is 0. The molecule has 3 aromatic heterocycles. The van der Waals surface area contributed by atoms with Crippen LogP contribution in [0.25, 0.3) is 22.2 Å². The summed E-state index contributed by atoms with van der Waals surface area (Å²) < 4.78 is 16.9. The highest BCUT2D eigenvalue weighted by atomic mass is 19.1. The fourth-order valence-electron chi connectivity index (χ4n) is 4.71. The molecule has 1 saturated carbocycles. The number of halogens is 1. The fourth-order valence-corrected chi connectivity index (χ4v) is 4.71. The lowest BCUT2D eigenvalue weighted by molar-refractivity contribution is 0.0718. The van der Waals surface area contributed by atoms with Crippen molar-refractivity contribution in [2.75, 3.05) is 0 Å². The van der Waals surface area contributed by atoms with E-state index in [9.17, 15) is 9.90 Å². The number of aliphatic hydroxyl groups is 1. The van der Waals surface area contributed by atoms with Gasteiger partial charge in [-0.1, -0.05) is 25.0 Å². The number of aliphatic hydroxyl groups excluding tert-OH is 1. The second-order valence-electron chi connectivity index (χ2n) is 8.97. The maximum Gasteiger partial charge on any atom is 0.255 e. The number of pyridine rings is 2. The molecular formula is C27H27FN4O2. The summed E-state index contributed by atoms with van der Waals surface area (Å²) in [6.45, 7) is 2.17. The van der Waals surface area contributed by atoms with Crippen LogP contribution in [0.4, 0.5) is 4.39 Å². The molecule has 2 N–H and O–H groups in total. The van der Waals surface area contributed by atoms with Gasteiger partial charge in [-0.3, -0.25) is 14.8 Å². The van der Waals surface area contributed by atoms with Gasteiger partial charge in [-0.05, 0) is 61.2 Å². The van der Waals surface area contributed by atoms with Crippen LogP contribution in [0.15, 0.2) is 61.1 Å². The van der Waals surface area contributed by atoms with Gasteiger partial charge < -0.3 is 15.0 Å². The van der Waals surface area contributed by atoms with Crippen LogP contribution in [0.2, 0.25) is 0 Å². The molecule has 2 atom stereocenters. The number of rotatable bonds is 5. The minimum Gasteiger partial charge on any atom is -0.391 e. The van der Waals surface area contributed by atoms with Crippen molar-refractivity contribution in [1.29, 1.82) is 0 Å². The number of nitrogens with one attached hydrogen (secondary N) is 1. The Balaban J connectivity index is 1.43. The minimum absolute atomic E-state index is 0.259. The quantitative estimate of drug-likeness (QED) is 0.457. The van der Waals surface area contributed by atoms with E-state index in [-0.39, 0.29) is 24.3 Å². The average molecular weight is 459 g/mol. The molecule has 0 unspecified atom stereocenters. The average Bonchev–Trinajstić information content (AvgIpc) is 3.20. The largest absolute Gasteiger partial charge is 0.391 e. The molecule has 0 spiro atoms. The zero-order valence-corrected chi connectivity index (χ0v) is 19.0. The molecular weight excluding hydrogens is 431 g/mol. The standard InChI is InChI=1S/C27H27FN4O2/c1-17-13-19(10-12-29-17)18-8-9-20(22(28)14-18)15-32-16-21(26-24(32)6-4-11-30-26)27(34)31-23-5-2-3-7-25(23)33/h4,6,8-14,16,23,25,33H,2-3,5,7,15H2,1H3,(H,31,34)/t23-,25-/m0/s1. The van der Waals surface area contributed by atoms with Crippen LogP contribution in [0.3, 0.4) is 0 Å². The zero-order chi connectivity index (χ0) is 23.7. The van der Waals surface area contributed by atoms with Crippen molar-refractivity contribution < 1.29 is 14.3 Å². The molecule has 1 amide bonds. The summed E-state index contributed by atoms with van der Waals surface area (Å²) in [6, 6.07) is 12.4. The van der Waals surface area contributed by atoms with Gasteiger partial charge >= 0.3 is 0 Å². The Morgan fingerprint density at radius 2 is 1.94 bits per heavy atom. The van der Waals surface area contributed by atoms with Crippen LogP contribution in [0, 0.1) is 12.7 Å². The first-order chi connectivity index (χ1) is 16.5. The third kappa shape index (κ3) is 4.43. The summed E-state index contributed by atoms with van der Waals surface area (Å²) in [6.07, 6.45) is 7.96. The van der Waals surface area contributed by atoms with Crippen LogP contribution < -0.4 is 5.32 Å². The number of hydrogen-bond acceptors (Lipinski definition) is 4. The van der Waals surface area contributed by atoms with E-state index in [1.54, 1.807) is 30.7 Å². The third-order valence-corrected chi connectivity index (χ3v) is 6.55. The topological polar surface area (TPSA) is 80.0 Å². The lowest BCUT2D eigenvalue weighted by Crippen LogP contribution is -2.45. The van der Waals surface area contributed by atoms with E-state index in [1.807, 2.05) is 35.8 Å². The lowest BCUT2D eigenvalue weighted by atomic mass is 9.92. The van der Waals surface area contributed by atoms with Gasteiger partial charge in [0.15, 0.2) is 0 Å². The van der Waals surface area contributed by atoms with Crippen LogP contribution in [-0.4, -0.2) is 37.7 Å². The van der Waals surface area contributed by atoms with Crippen LogP contribution in [-0.2, 0) is 6.54 Å². The molecule has 7 heteroatoms. The Bertz CT molecular complexity index is 1350. The van der Waals surface area contributed by atoms with Gasteiger partial charge in [0.1, 0.15) is 11.3 Å². The number of fused-ring (bicyclic) bond motifs is 1. The maximum atomic E-state index is 15.1. The first-order valence-corrected chi connectivity index (χ1v) is 11.6. The molecule has 1 aliphatic rings. The molecule has 3 heterocycles. The van der Waals surface area contributed by atoms with Gasteiger partial charge in [-0.15, -0.1) is 0 Å². The van der Waals surface area contributed by atoms with Crippen LogP contribution in [0.5, 0.6) is 0 Å². The summed E-state index contributed by atoms with van der Waals surface area (Å²) in [4.78, 5) is 21.7. The molecule has 34 heavy (non-hydrogen) atoms. The zero-order valence-electron chi connectivity index (χ0n) is 19.0. The second-order valence-corrected chi connectivity index (χ2v) is 8.97. The van der Waals surface area contributed by atoms with E-state index in [4.69, 9.17) is 0 Å². The molecule has 1 fully saturated rings. The molecule has 1 aliphatic carbocycles. The predicted molar refractivity (Wildman–Crippen MR) is 129 cm³/mol. The molecule has 5 rings (SSSR count). The number of carbonyl (C=O) groups is 1. The number of aromatic nitrogens is 3. The molecule has 174 valence electrons. The second kappa shape index (κ2) is 9.35. The Hall–Kier alpha value is -3.58. The first-order valence-electron chi connectivity index (χ1n) is 11.6. The molecule has 4 aromatic rings. The SMILES string of the molecule is Cc1cc(-c2ccc(Cn3cc(C(=O)N[C@H]4CCCC[C@@H]4O)c4ncccc43)c(F)c2)ccn1. The summed E-state index contributed by atoms with van der Waals surface area (Å²) >= 11 is 0.